The van der Waals surface area contributed by atoms with Crippen molar-refractivity contribution in [1.82, 2.24) is 15.2 Å². The van der Waals surface area contributed by atoms with Crippen LogP contribution in [0.25, 0.3) is 10.9 Å². The summed E-state index contributed by atoms with van der Waals surface area (Å²) in [4.78, 5) is 20.1. The second-order valence-corrected chi connectivity index (χ2v) is 7.87. The molecule has 1 fully saturated rings. The van der Waals surface area contributed by atoms with E-state index < -0.39 is 0 Å². The van der Waals surface area contributed by atoms with Gasteiger partial charge in [0, 0.05) is 49.3 Å². The summed E-state index contributed by atoms with van der Waals surface area (Å²) in [5, 5.41) is 7.38. The van der Waals surface area contributed by atoms with Crippen LogP contribution in [0.2, 0.25) is 0 Å². The predicted octanol–water partition coefficient (Wildman–Crippen LogP) is 3.39. The molecule has 1 saturated heterocycles. The van der Waals surface area contributed by atoms with Crippen LogP contribution in [0.4, 0.5) is 16.3 Å². The number of rotatable bonds is 6. The van der Waals surface area contributed by atoms with Crippen molar-refractivity contribution in [2.45, 2.75) is 13.0 Å². The van der Waals surface area contributed by atoms with Gasteiger partial charge >= 0.3 is 6.03 Å². The quantitative estimate of drug-likeness (QED) is 0.550. The van der Waals surface area contributed by atoms with Gasteiger partial charge in [-0.05, 0) is 42.3 Å². The minimum Gasteiger partial charge on any atom is -0.494 e. The molecule has 0 radical (unpaired) electrons. The first-order valence-corrected chi connectivity index (χ1v) is 10.6. The molecule has 2 aromatic carbocycles. The Balaban J connectivity index is 1.23. The lowest BCUT2D eigenvalue weighted by atomic mass is 10.1. The van der Waals surface area contributed by atoms with Crippen molar-refractivity contribution in [2.75, 3.05) is 49.5 Å². The summed E-state index contributed by atoms with van der Waals surface area (Å²) in [5.74, 6) is 1.65. The monoisotopic (exact) mass is 405 g/mol. The summed E-state index contributed by atoms with van der Waals surface area (Å²) < 4.78 is 5.98. The molecule has 0 atom stereocenters. The number of fused-ring (bicyclic) bond motifs is 2. The SMILES string of the molecule is O=C1Nc2ccccc2CN1c1cc2cc(OCCCN3CCNCC3)ccc2[nH]1. The first-order valence-electron chi connectivity index (χ1n) is 10.6. The van der Waals surface area contributed by atoms with E-state index in [-0.39, 0.29) is 6.03 Å². The molecule has 3 heterocycles. The molecule has 3 N–H and O–H groups in total. The summed E-state index contributed by atoms with van der Waals surface area (Å²) in [6.07, 6.45) is 1.02. The lowest BCUT2D eigenvalue weighted by Gasteiger charge is -2.28. The lowest BCUT2D eigenvalue weighted by Crippen LogP contribution is -2.43. The molecule has 1 aromatic heterocycles. The first-order chi connectivity index (χ1) is 14.8. The molecule has 0 bridgehead atoms. The van der Waals surface area contributed by atoms with E-state index in [2.05, 4.69) is 20.5 Å². The minimum atomic E-state index is -0.121. The van der Waals surface area contributed by atoms with Gasteiger partial charge in [-0.1, -0.05) is 18.2 Å². The maximum atomic E-state index is 12.6. The van der Waals surface area contributed by atoms with Crippen molar-refractivity contribution in [1.29, 1.82) is 0 Å². The first kappa shape index (κ1) is 19.0. The molecule has 2 amide bonds. The number of nitrogens with one attached hydrogen (secondary N) is 3. The highest BCUT2D eigenvalue weighted by molar-refractivity contribution is 6.05. The number of carbonyl (C=O) groups excluding carboxylic acids is 1. The number of urea groups is 1. The number of hydrogen-bond acceptors (Lipinski definition) is 4. The number of ether oxygens (including phenoxy) is 1. The van der Waals surface area contributed by atoms with Crippen molar-refractivity contribution < 1.29 is 9.53 Å². The number of aromatic nitrogens is 1. The minimum absolute atomic E-state index is 0.121. The third kappa shape index (κ3) is 3.99. The van der Waals surface area contributed by atoms with E-state index in [4.69, 9.17) is 4.74 Å². The molecule has 0 saturated carbocycles. The van der Waals surface area contributed by atoms with Gasteiger partial charge in [-0.15, -0.1) is 0 Å². The molecule has 156 valence electrons. The second-order valence-electron chi connectivity index (χ2n) is 7.87. The summed E-state index contributed by atoms with van der Waals surface area (Å²) >= 11 is 0. The van der Waals surface area contributed by atoms with E-state index in [1.807, 2.05) is 48.5 Å². The van der Waals surface area contributed by atoms with Gasteiger partial charge in [-0.2, -0.15) is 0 Å². The number of nitrogens with zero attached hydrogens (tertiary/aromatic N) is 2. The molecular weight excluding hydrogens is 378 g/mol. The van der Waals surface area contributed by atoms with Crippen molar-refractivity contribution >= 4 is 28.4 Å². The Hall–Kier alpha value is -3.03. The Kier molecular flexibility index (Phi) is 5.29. The highest BCUT2D eigenvalue weighted by Gasteiger charge is 2.24. The number of carbonyl (C=O) groups is 1. The number of benzene rings is 2. The number of amides is 2. The fourth-order valence-corrected chi connectivity index (χ4v) is 4.14. The molecule has 2 aliphatic heterocycles. The van der Waals surface area contributed by atoms with E-state index in [1.54, 1.807) is 4.90 Å². The van der Waals surface area contributed by atoms with Gasteiger partial charge in [0.25, 0.3) is 0 Å². The Bertz CT molecular complexity index is 1040. The highest BCUT2D eigenvalue weighted by atomic mass is 16.5. The van der Waals surface area contributed by atoms with Crippen molar-refractivity contribution in [3.63, 3.8) is 0 Å². The van der Waals surface area contributed by atoms with E-state index in [0.29, 0.717) is 13.2 Å². The fourth-order valence-electron chi connectivity index (χ4n) is 4.14. The number of aromatic amines is 1. The molecule has 3 aromatic rings. The van der Waals surface area contributed by atoms with E-state index in [0.717, 1.165) is 72.9 Å². The van der Waals surface area contributed by atoms with Gasteiger partial charge < -0.3 is 25.3 Å². The van der Waals surface area contributed by atoms with Crippen LogP contribution in [0.5, 0.6) is 5.75 Å². The Morgan fingerprint density at radius 3 is 2.80 bits per heavy atom. The average molecular weight is 406 g/mol. The van der Waals surface area contributed by atoms with Crippen LogP contribution in [-0.2, 0) is 6.54 Å². The molecule has 0 unspecified atom stereocenters. The van der Waals surface area contributed by atoms with Crippen molar-refractivity contribution in [3.05, 3.63) is 54.1 Å². The number of para-hydroxylation sites is 1. The smallest absolute Gasteiger partial charge is 0.327 e. The molecule has 7 heteroatoms. The topological polar surface area (TPSA) is 72.6 Å². The van der Waals surface area contributed by atoms with Crippen LogP contribution in [0, 0.1) is 0 Å². The van der Waals surface area contributed by atoms with E-state index in [1.165, 1.54) is 0 Å². The Labute approximate surface area is 176 Å². The summed E-state index contributed by atoms with van der Waals surface area (Å²) in [5.41, 5.74) is 2.97. The molecule has 7 nitrogen and oxygen atoms in total. The van der Waals surface area contributed by atoms with Gasteiger partial charge in [0.2, 0.25) is 0 Å². The third-order valence-electron chi connectivity index (χ3n) is 5.80. The molecule has 2 aliphatic rings. The van der Waals surface area contributed by atoms with E-state index in [9.17, 15) is 4.79 Å². The van der Waals surface area contributed by atoms with Crippen LogP contribution < -0.4 is 20.3 Å². The van der Waals surface area contributed by atoms with Crippen molar-refractivity contribution in [2.24, 2.45) is 0 Å². The van der Waals surface area contributed by atoms with Crippen LogP contribution in [0.15, 0.2) is 48.5 Å². The summed E-state index contributed by atoms with van der Waals surface area (Å²) in [7, 11) is 0. The predicted molar refractivity (Wildman–Crippen MR) is 119 cm³/mol. The van der Waals surface area contributed by atoms with Crippen LogP contribution in [-0.4, -0.2) is 55.2 Å². The fraction of sp³-hybridized carbons (Fsp3) is 0.348. The molecular formula is C23H27N5O2. The lowest BCUT2D eigenvalue weighted by molar-refractivity contribution is 0.214. The largest absolute Gasteiger partial charge is 0.494 e. The maximum Gasteiger partial charge on any atom is 0.327 e. The second kappa shape index (κ2) is 8.38. The summed E-state index contributed by atoms with van der Waals surface area (Å²) in [6.45, 7) is 6.72. The zero-order valence-corrected chi connectivity index (χ0v) is 17.0. The molecule has 30 heavy (non-hydrogen) atoms. The van der Waals surface area contributed by atoms with Gasteiger partial charge in [-0.25, -0.2) is 4.79 Å². The number of piperazine rings is 1. The highest BCUT2D eigenvalue weighted by Crippen LogP contribution is 2.30. The zero-order chi connectivity index (χ0) is 20.3. The van der Waals surface area contributed by atoms with Gasteiger partial charge in [0.15, 0.2) is 0 Å². The molecule has 0 aliphatic carbocycles. The van der Waals surface area contributed by atoms with Gasteiger partial charge in [0.1, 0.15) is 11.6 Å². The van der Waals surface area contributed by atoms with Crippen molar-refractivity contribution in [3.8, 4) is 5.75 Å². The van der Waals surface area contributed by atoms with E-state index >= 15 is 0 Å². The Morgan fingerprint density at radius 2 is 1.90 bits per heavy atom. The standard InChI is InChI=1S/C23H27N5O2/c29-23-26-20-5-2-1-4-17(20)16-28(23)22-15-18-14-19(6-7-21(18)25-22)30-13-3-10-27-11-8-24-9-12-27/h1-2,4-7,14-15,24-25H,3,8-13,16H2,(H,26,29). The van der Waals surface area contributed by atoms with Crippen LogP contribution in [0.1, 0.15) is 12.0 Å². The maximum absolute atomic E-state index is 12.6. The number of hydrogen-bond donors (Lipinski definition) is 3. The molecule has 0 spiro atoms. The van der Waals surface area contributed by atoms with Gasteiger partial charge in [0.05, 0.1) is 13.2 Å². The Morgan fingerprint density at radius 1 is 1.03 bits per heavy atom. The van der Waals surface area contributed by atoms with Gasteiger partial charge in [-0.3, -0.25) is 4.90 Å². The van der Waals surface area contributed by atoms with Crippen LogP contribution in [0.3, 0.4) is 0 Å². The normalized spacial score (nSPS) is 17.1. The number of anilines is 2. The zero-order valence-electron chi connectivity index (χ0n) is 17.0. The van der Waals surface area contributed by atoms with Crippen LogP contribution >= 0.6 is 0 Å². The average Bonchev–Trinajstić information content (AvgIpc) is 3.20. The summed E-state index contributed by atoms with van der Waals surface area (Å²) in [6, 6.07) is 15.8. The molecule has 5 rings (SSSR count). The third-order valence-corrected chi connectivity index (χ3v) is 5.80. The number of H-pyrrole nitrogens is 1.